The normalized spacial score (nSPS) is 10.8. The number of rotatable bonds is 4. The van der Waals surface area contributed by atoms with Gasteiger partial charge in [0.2, 0.25) is 0 Å². The molecule has 0 aliphatic rings. The molecular weight excluding hydrogens is 286 g/mol. The lowest BCUT2D eigenvalue weighted by Gasteiger charge is -2.05. The van der Waals surface area contributed by atoms with E-state index in [1.807, 2.05) is 24.3 Å². The third-order valence-electron chi connectivity index (χ3n) is 2.44. The van der Waals surface area contributed by atoms with Gasteiger partial charge >= 0.3 is 0 Å². The molecule has 0 saturated heterocycles. The molecule has 5 nitrogen and oxygen atoms in total. The van der Waals surface area contributed by atoms with Crippen LogP contribution in [0.3, 0.4) is 0 Å². The van der Waals surface area contributed by atoms with Crippen molar-refractivity contribution in [2.45, 2.75) is 19.8 Å². The molecule has 0 aliphatic carbocycles. The van der Waals surface area contributed by atoms with E-state index in [1.165, 1.54) is 0 Å². The summed E-state index contributed by atoms with van der Waals surface area (Å²) in [4.78, 5) is 0. The highest BCUT2D eigenvalue weighted by molar-refractivity contribution is 9.10. The summed E-state index contributed by atoms with van der Waals surface area (Å²) in [5.74, 6) is 0. The highest BCUT2D eigenvalue weighted by Gasteiger charge is 2.11. The van der Waals surface area contributed by atoms with Gasteiger partial charge in [0.1, 0.15) is 5.69 Å². The molecule has 2 aromatic rings. The molecule has 0 amide bonds. The summed E-state index contributed by atoms with van der Waals surface area (Å²) >= 11 is 3.40. The third-order valence-corrected chi connectivity index (χ3v) is 2.93. The van der Waals surface area contributed by atoms with E-state index in [9.17, 15) is 5.11 Å². The first-order valence-electron chi connectivity index (χ1n) is 5.12. The Morgan fingerprint density at radius 2 is 2.06 bits per heavy atom. The molecule has 2 N–H and O–H groups in total. The number of aliphatic hydroxyl groups is 2. The van der Waals surface area contributed by atoms with Crippen molar-refractivity contribution in [3.05, 3.63) is 45.7 Å². The number of benzene rings is 1. The molecule has 0 radical (unpaired) electrons. The van der Waals surface area contributed by atoms with E-state index in [1.54, 1.807) is 4.68 Å². The van der Waals surface area contributed by atoms with E-state index < -0.39 is 0 Å². The van der Waals surface area contributed by atoms with E-state index >= 15 is 0 Å². The smallest absolute Gasteiger partial charge is 0.114 e. The Labute approximate surface area is 107 Å². The Kier molecular flexibility index (Phi) is 3.88. The lowest BCUT2D eigenvalue weighted by atomic mass is 10.2. The first-order chi connectivity index (χ1) is 8.24. The lowest BCUT2D eigenvalue weighted by molar-refractivity contribution is 0.250. The zero-order valence-corrected chi connectivity index (χ0v) is 10.6. The lowest BCUT2D eigenvalue weighted by Crippen LogP contribution is -2.07. The molecule has 0 aliphatic heterocycles. The fourth-order valence-electron chi connectivity index (χ4n) is 1.60. The Morgan fingerprint density at radius 3 is 2.71 bits per heavy atom. The van der Waals surface area contributed by atoms with E-state index in [0.29, 0.717) is 17.9 Å². The maximum atomic E-state index is 9.23. The van der Waals surface area contributed by atoms with Crippen LogP contribution < -0.4 is 0 Å². The van der Waals surface area contributed by atoms with Crippen molar-refractivity contribution in [2.75, 3.05) is 0 Å². The summed E-state index contributed by atoms with van der Waals surface area (Å²) in [5, 5.41) is 26.0. The second-order valence-electron chi connectivity index (χ2n) is 3.59. The van der Waals surface area contributed by atoms with Gasteiger partial charge in [0.05, 0.1) is 25.5 Å². The summed E-state index contributed by atoms with van der Waals surface area (Å²) in [5.41, 5.74) is 2.01. The van der Waals surface area contributed by atoms with Crippen LogP contribution in [0.1, 0.15) is 17.0 Å². The fourth-order valence-corrected chi connectivity index (χ4v) is 2.05. The number of aliphatic hydroxyl groups excluding tert-OH is 2. The van der Waals surface area contributed by atoms with Crippen molar-refractivity contribution in [1.82, 2.24) is 15.0 Å². The monoisotopic (exact) mass is 297 g/mol. The number of hydrogen-bond donors (Lipinski definition) is 2. The second-order valence-corrected chi connectivity index (χ2v) is 4.50. The molecule has 1 heterocycles. The SMILES string of the molecule is OCc1nnn(Cc2cccc(Br)c2)c1CO. The van der Waals surface area contributed by atoms with E-state index in [-0.39, 0.29) is 13.2 Å². The average Bonchev–Trinajstić information content (AvgIpc) is 2.71. The molecule has 2 rings (SSSR count). The van der Waals surface area contributed by atoms with Crippen molar-refractivity contribution in [2.24, 2.45) is 0 Å². The standard InChI is InChI=1S/C11H12BrN3O2/c12-9-3-1-2-8(4-9)5-15-11(7-17)10(6-16)13-14-15/h1-4,16-17H,5-7H2. The van der Waals surface area contributed by atoms with Gasteiger partial charge in [-0.25, -0.2) is 4.68 Å². The second kappa shape index (κ2) is 5.39. The third kappa shape index (κ3) is 2.71. The Bertz CT molecular complexity index is 513. The maximum absolute atomic E-state index is 9.23. The highest BCUT2D eigenvalue weighted by Crippen LogP contribution is 2.14. The minimum atomic E-state index is -0.214. The van der Waals surface area contributed by atoms with Crippen LogP contribution in [0.15, 0.2) is 28.7 Å². The van der Waals surface area contributed by atoms with Crippen LogP contribution in [0, 0.1) is 0 Å². The summed E-state index contributed by atoms with van der Waals surface area (Å²) in [6.07, 6.45) is 0. The van der Waals surface area contributed by atoms with E-state index in [4.69, 9.17) is 5.11 Å². The van der Waals surface area contributed by atoms with Gasteiger partial charge in [0.25, 0.3) is 0 Å². The van der Waals surface area contributed by atoms with Crippen LogP contribution in [-0.4, -0.2) is 25.2 Å². The predicted molar refractivity (Wildman–Crippen MR) is 65.1 cm³/mol. The quantitative estimate of drug-likeness (QED) is 0.886. The molecule has 0 saturated carbocycles. The first kappa shape index (κ1) is 12.2. The molecule has 17 heavy (non-hydrogen) atoms. The van der Waals surface area contributed by atoms with Crippen LogP contribution in [0.2, 0.25) is 0 Å². The minimum absolute atomic E-state index is 0.184. The highest BCUT2D eigenvalue weighted by atomic mass is 79.9. The molecule has 0 unspecified atom stereocenters. The molecule has 0 spiro atoms. The molecule has 0 atom stereocenters. The summed E-state index contributed by atoms with van der Waals surface area (Å²) in [6, 6.07) is 7.81. The predicted octanol–water partition coefficient (Wildman–Crippen LogP) is 1.07. The summed E-state index contributed by atoms with van der Waals surface area (Å²) in [6.45, 7) is 0.119. The number of nitrogens with zero attached hydrogens (tertiary/aromatic N) is 3. The topological polar surface area (TPSA) is 71.2 Å². The van der Waals surface area contributed by atoms with Gasteiger partial charge in [-0.3, -0.25) is 0 Å². The van der Waals surface area contributed by atoms with Gasteiger partial charge < -0.3 is 10.2 Å². The minimum Gasteiger partial charge on any atom is -0.390 e. The van der Waals surface area contributed by atoms with Crippen LogP contribution in [0.4, 0.5) is 0 Å². The maximum Gasteiger partial charge on any atom is 0.114 e. The summed E-state index contributed by atoms with van der Waals surface area (Å²) < 4.78 is 2.58. The molecule has 0 bridgehead atoms. The van der Waals surface area contributed by atoms with Gasteiger partial charge in [-0.05, 0) is 17.7 Å². The van der Waals surface area contributed by atoms with E-state index in [2.05, 4.69) is 26.2 Å². The Morgan fingerprint density at radius 1 is 1.24 bits per heavy atom. The Balaban J connectivity index is 2.27. The molecule has 1 aromatic heterocycles. The van der Waals surface area contributed by atoms with Crippen LogP contribution >= 0.6 is 15.9 Å². The molecular formula is C11H12BrN3O2. The van der Waals surface area contributed by atoms with Crippen molar-refractivity contribution < 1.29 is 10.2 Å². The Hall–Kier alpha value is -1.24. The largest absolute Gasteiger partial charge is 0.390 e. The van der Waals surface area contributed by atoms with Gasteiger partial charge in [-0.15, -0.1) is 5.10 Å². The molecule has 0 fully saturated rings. The van der Waals surface area contributed by atoms with E-state index in [0.717, 1.165) is 10.0 Å². The van der Waals surface area contributed by atoms with Crippen molar-refractivity contribution >= 4 is 15.9 Å². The van der Waals surface area contributed by atoms with Gasteiger partial charge in [-0.1, -0.05) is 33.3 Å². The van der Waals surface area contributed by atoms with Crippen molar-refractivity contribution in [3.63, 3.8) is 0 Å². The molecule has 1 aromatic carbocycles. The zero-order valence-electron chi connectivity index (χ0n) is 9.04. The van der Waals surface area contributed by atoms with Crippen molar-refractivity contribution in [1.29, 1.82) is 0 Å². The first-order valence-corrected chi connectivity index (χ1v) is 5.91. The number of aromatic nitrogens is 3. The van der Waals surface area contributed by atoms with Gasteiger partial charge in [0, 0.05) is 4.47 Å². The summed E-state index contributed by atoms with van der Waals surface area (Å²) in [7, 11) is 0. The van der Waals surface area contributed by atoms with Crippen LogP contribution in [0.5, 0.6) is 0 Å². The van der Waals surface area contributed by atoms with Crippen molar-refractivity contribution in [3.8, 4) is 0 Å². The zero-order chi connectivity index (χ0) is 12.3. The average molecular weight is 298 g/mol. The van der Waals surface area contributed by atoms with Gasteiger partial charge in [-0.2, -0.15) is 0 Å². The van der Waals surface area contributed by atoms with Crippen LogP contribution in [-0.2, 0) is 19.8 Å². The van der Waals surface area contributed by atoms with Crippen LogP contribution in [0.25, 0.3) is 0 Å². The fraction of sp³-hybridized carbons (Fsp3) is 0.273. The van der Waals surface area contributed by atoms with Gasteiger partial charge in [0.15, 0.2) is 0 Å². The molecule has 90 valence electrons. The molecule has 6 heteroatoms. The number of halogens is 1. The number of hydrogen-bond acceptors (Lipinski definition) is 4.